The van der Waals surface area contributed by atoms with E-state index in [0.717, 1.165) is 22.6 Å². The molecule has 110 valence electrons. The van der Waals surface area contributed by atoms with Crippen molar-refractivity contribution in [1.82, 2.24) is 9.97 Å². The van der Waals surface area contributed by atoms with Crippen LogP contribution >= 0.6 is 0 Å². The lowest BCUT2D eigenvalue weighted by Gasteiger charge is -2.09. The van der Waals surface area contributed by atoms with Gasteiger partial charge in [-0.15, -0.1) is 0 Å². The first kappa shape index (κ1) is 14.1. The Morgan fingerprint density at radius 3 is 2.50 bits per heavy atom. The van der Waals surface area contributed by atoms with Gasteiger partial charge in [-0.25, -0.2) is 9.97 Å². The van der Waals surface area contributed by atoms with Gasteiger partial charge in [-0.2, -0.15) is 0 Å². The Bertz CT molecular complexity index is 727. The maximum Gasteiger partial charge on any atom is 0.227 e. The summed E-state index contributed by atoms with van der Waals surface area (Å²) in [5.74, 6) is 1.38. The van der Waals surface area contributed by atoms with Gasteiger partial charge >= 0.3 is 0 Å². The quantitative estimate of drug-likeness (QED) is 0.768. The van der Waals surface area contributed by atoms with Gasteiger partial charge in [-0.3, -0.25) is 0 Å². The minimum Gasteiger partial charge on any atom is -0.489 e. The maximum absolute atomic E-state index is 5.81. The molecule has 0 unspecified atom stereocenters. The largest absolute Gasteiger partial charge is 0.489 e. The van der Waals surface area contributed by atoms with Crippen molar-refractivity contribution in [3.05, 3.63) is 78.1 Å². The average molecular weight is 291 g/mol. The van der Waals surface area contributed by atoms with Crippen molar-refractivity contribution in [2.75, 3.05) is 5.32 Å². The second-order valence-corrected chi connectivity index (χ2v) is 5.01. The molecule has 1 heterocycles. The first-order valence-corrected chi connectivity index (χ1v) is 7.12. The second kappa shape index (κ2) is 6.72. The molecule has 0 spiro atoms. The Kier molecular flexibility index (Phi) is 4.30. The highest BCUT2D eigenvalue weighted by Crippen LogP contribution is 2.20. The normalized spacial score (nSPS) is 10.2. The standard InChI is InChI=1S/C18H17N3O/c1-14-11-19-18(20-12-14)21-16-8-5-9-17(10-16)22-13-15-6-3-2-4-7-15/h2-12H,13H2,1H3,(H,19,20,21). The van der Waals surface area contributed by atoms with Crippen molar-refractivity contribution in [3.8, 4) is 5.75 Å². The number of hydrogen-bond acceptors (Lipinski definition) is 4. The van der Waals surface area contributed by atoms with E-state index in [1.807, 2.05) is 61.5 Å². The molecule has 0 aliphatic rings. The van der Waals surface area contributed by atoms with Crippen LogP contribution in [0.4, 0.5) is 11.6 Å². The molecule has 0 amide bonds. The number of nitrogens with zero attached hydrogens (tertiary/aromatic N) is 2. The maximum atomic E-state index is 5.81. The van der Waals surface area contributed by atoms with E-state index in [1.54, 1.807) is 12.4 Å². The molecule has 22 heavy (non-hydrogen) atoms. The van der Waals surface area contributed by atoms with E-state index in [9.17, 15) is 0 Å². The zero-order chi connectivity index (χ0) is 15.2. The average Bonchev–Trinajstić information content (AvgIpc) is 2.57. The summed E-state index contributed by atoms with van der Waals surface area (Å²) in [7, 11) is 0. The predicted octanol–water partition coefficient (Wildman–Crippen LogP) is 4.11. The van der Waals surface area contributed by atoms with Gasteiger partial charge < -0.3 is 10.1 Å². The molecule has 4 heteroatoms. The molecule has 0 saturated heterocycles. The van der Waals surface area contributed by atoms with Crippen LogP contribution in [0.1, 0.15) is 11.1 Å². The highest BCUT2D eigenvalue weighted by Gasteiger charge is 2.00. The molecule has 0 radical (unpaired) electrons. The molecule has 0 aliphatic heterocycles. The van der Waals surface area contributed by atoms with Crippen molar-refractivity contribution in [2.45, 2.75) is 13.5 Å². The highest BCUT2D eigenvalue weighted by atomic mass is 16.5. The molecular weight excluding hydrogens is 274 g/mol. The fourth-order valence-corrected chi connectivity index (χ4v) is 1.99. The Morgan fingerprint density at radius 2 is 1.73 bits per heavy atom. The monoisotopic (exact) mass is 291 g/mol. The van der Waals surface area contributed by atoms with E-state index in [4.69, 9.17) is 4.74 Å². The minimum absolute atomic E-state index is 0.547. The van der Waals surface area contributed by atoms with E-state index < -0.39 is 0 Å². The molecule has 0 fully saturated rings. The lowest BCUT2D eigenvalue weighted by molar-refractivity contribution is 0.306. The summed E-state index contributed by atoms with van der Waals surface area (Å²) < 4.78 is 5.81. The zero-order valence-electron chi connectivity index (χ0n) is 12.4. The molecule has 0 bridgehead atoms. The van der Waals surface area contributed by atoms with E-state index in [-0.39, 0.29) is 0 Å². The predicted molar refractivity (Wildman–Crippen MR) is 87.3 cm³/mol. The summed E-state index contributed by atoms with van der Waals surface area (Å²) in [5.41, 5.74) is 3.07. The molecule has 2 aromatic carbocycles. The SMILES string of the molecule is Cc1cnc(Nc2cccc(OCc3ccccc3)c2)nc1. The Hall–Kier alpha value is -2.88. The smallest absolute Gasteiger partial charge is 0.227 e. The van der Waals surface area contributed by atoms with Crippen LogP contribution in [0.5, 0.6) is 5.75 Å². The Labute approximate surface area is 129 Å². The number of rotatable bonds is 5. The molecular formula is C18H17N3O. The molecule has 3 aromatic rings. The molecule has 3 rings (SSSR count). The van der Waals surface area contributed by atoms with E-state index >= 15 is 0 Å². The second-order valence-electron chi connectivity index (χ2n) is 5.01. The summed E-state index contributed by atoms with van der Waals surface area (Å²) in [6.45, 7) is 2.51. The molecule has 1 aromatic heterocycles. The van der Waals surface area contributed by atoms with Crippen molar-refractivity contribution in [1.29, 1.82) is 0 Å². The van der Waals surface area contributed by atoms with Gasteiger partial charge in [0.15, 0.2) is 0 Å². The van der Waals surface area contributed by atoms with Crippen LogP contribution in [-0.4, -0.2) is 9.97 Å². The van der Waals surface area contributed by atoms with E-state index in [1.165, 1.54) is 0 Å². The summed E-state index contributed by atoms with van der Waals surface area (Å²) in [6.07, 6.45) is 3.57. The van der Waals surface area contributed by atoms with Crippen LogP contribution in [0.2, 0.25) is 0 Å². The number of nitrogens with one attached hydrogen (secondary N) is 1. The first-order chi connectivity index (χ1) is 10.8. The summed E-state index contributed by atoms with van der Waals surface area (Å²) in [6, 6.07) is 17.9. The molecule has 0 aliphatic carbocycles. The van der Waals surface area contributed by atoms with Gasteiger partial charge in [0.1, 0.15) is 12.4 Å². The van der Waals surface area contributed by atoms with Gasteiger partial charge in [-0.1, -0.05) is 36.4 Å². The third-order valence-electron chi connectivity index (χ3n) is 3.12. The topological polar surface area (TPSA) is 47.0 Å². The number of aromatic nitrogens is 2. The number of hydrogen-bond donors (Lipinski definition) is 1. The third kappa shape index (κ3) is 3.82. The highest BCUT2D eigenvalue weighted by molar-refractivity contribution is 5.55. The fourth-order valence-electron chi connectivity index (χ4n) is 1.99. The van der Waals surface area contributed by atoms with Crippen LogP contribution in [-0.2, 0) is 6.61 Å². The van der Waals surface area contributed by atoms with Gasteiger partial charge in [0.25, 0.3) is 0 Å². The molecule has 4 nitrogen and oxygen atoms in total. The van der Waals surface area contributed by atoms with Crippen molar-refractivity contribution in [3.63, 3.8) is 0 Å². The Balaban J connectivity index is 1.66. The van der Waals surface area contributed by atoms with Gasteiger partial charge in [0.05, 0.1) is 0 Å². The van der Waals surface area contributed by atoms with E-state index in [2.05, 4.69) is 15.3 Å². The molecule has 0 atom stereocenters. The van der Waals surface area contributed by atoms with Crippen LogP contribution in [0, 0.1) is 6.92 Å². The van der Waals surface area contributed by atoms with Gasteiger partial charge in [0.2, 0.25) is 5.95 Å². The molecule has 0 saturated carbocycles. The van der Waals surface area contributed by atoms with Crippen molar-refractivity contribution >= 4 is 11.6 Å². The van der Waals surface area contributed by atoms with Crippen molar-refractivity contribution in [2.24, 2.45) is 0 Å². The Morgan fingerprint density at radius 1 is 0.955 bits per heavy atom. The lowest BCUT2D eigenvalue weighted by Crippen LogP contribution is -1.98. The number of aryl methyl sites for hydroxylation is 1. The van der Waals surface area contributed by atoms with Crippen LogP contribution < -0.4 is 10.1 Å². The first-order valence-electron chi connectivity index (χ1n) is 7.12. The van der Waals surface area contributed by atoms with Gasteiger partial charge in [0, 0.05) is 24.1 Å². The van der Waals surface area contributed by atoms with Crippen LogP contribution in [0.15, 0.2) is 67.0 Å². The summed E-state index contributed by atoms with van der Waals surface area (Å²) >= 11 is 0. The molecule has 1 N–H and O–H groups in total. The van der Waals surface area contributed by atoms with Crippen LogP contribution in [0.3, 0.4) is 0 Å². The summed E-state index contributed by atoms with van der Waals surface area (Å²) in [5, 5.41) is 3.17. The van der Waals surface area contributed by atoms with Gasteiger partial charge in [-0.05, 0) is 30.2 Å². The number of ether oxygens (including phenoxy) is 1. The zero-order valence-corrected chi connectivity index (χ0v) is 12.4. The number of anilines is 2. The van der Waals surface area contributed by atoms with Crippen molar-refractivity contribution < 1.29 is 4.74 Å². The number of benzene rings is 2. The van der Waals surface area contributed by atoms with E-state index in [0.29, 0.717) is 12.6 Å². The minimum atomic E-state index is 0.547. The third-order valence-corrected chi connectivity index (χ3v) is 3.12. The van der Waals surface area contributed by atoms with Crippen LogP contribution in [0.25, 0.3) is 0 Å². The summed E-state index contributed by atoms with van der Waals surface area (Å²) in [4.78, 5) is 8.47. The fraction of sp³-hybridized carbons (Fsp3) is 0.111. The lowest BCUT2D eigenvalue weighted by atomic mass is 10.2.